The lowest BCUT2D eigenvalue weighted by Crippen LogP contribution is -2.51. The van der Waals surface area contributed by atoms with Gasteiger partial charge in [-0.25, -0.2) is 5.06 Å². The van der Waals surface area contributed by atoms with Gasteiger partial charge in [-0.05, 0) is 11.1 Å². The molecule has 1 aliphatic heterocycles. The number of rotatable bonds is 5. The zero-order valence-electron chi connectivity index (χ0n) is 13.0. The summed E-state index contributed by atoms with van der Waals surface area (Å²) in [5.74, 6) is -0.376. The summed E-state index contributed by atoms with van der Waals surface area (Å²) >= 11 is 0. The molecule has 6 nitrogen and oxygen atoms in total. The number of hydrogen-bond donors (Lipinski definition) is 0. The summed E-state index contributed by atoms with van der Waals surface area (Å²) in [4.78, 5) is 30.4. The predicted octanol–water partition coefficient (Wildman–Crippen LogP) is 1.17. The Morgan fingerprint density at radius 3 is 2.25 bits per heavy atom. The Labute approximate surface area is 139 Å². The summed E-state index contributed by atoms with van der Waals surface area (Å²) in [5, 5.41) is 12.7. The quantitative estimate of drug-likeness (QED) is 0.827. The summed E-state index contributed by atoms with van der Waals surface area (Å²) in [6.07, 6.45) is -1.39. The fourth-order valence-electron chi connectivity index (χ4n) is 2.64. The van der Waals surface area contributed by atoms with Crippen LogP contribution in [-0.2, 0) is 22.7 Å². The highest BCUT2D eigenvalue weighted by Crippen LogP contribution is 2.19. The third-order valence-electron chi connectivity index (χ3n) is 3.89. The van der Waals surface area contributed by atoms with Gasteiger partial charge in [-0.2, -0.15) is 0 Å². The van der Waals surface area contributed by atoms with Crippen molar-refractivity contribution in [2.75, 3.05) is 6.61 Å². The largest absolute Gasteiger partial charge is 0.530 e. The maximum atomic E-state index is 12.5. The van der Waals surface area contributed by atoms with Gasteiger partial charge in [-0.3, -0.25) is 9.63 Å². The second-order valence-electron chi connectivity index (χ2n) is 5.55. The van der Waals surface area contributed by atoms with Crippen molar-refractivity contribution in [3.05, 3.63) is 71.8 Å². The van der Waals surface area contributed by atoms with Crippen molar-refractivity contribution < 1.29 is 19.5 Å². The Balaban J connectivity index is 1.70. The second kappa shape index (κ2) is 7.14. The van der Waals surface area contributed by atoms with Crippen LogP contribution >= 0.6 is 0 Å². The van der Waals surface area contributed by atoms with Gasteiger partial charge >= 0.3 is 0 Å². The molecule has 0 spiro atoms. The highest BCUT2D eigenvalue weighted by Gasteiger charge is 2.37. The van der Waals surface area contributed by atoms with Gasteiger partial charge in [0.25, 0.3) is 5.91 Å². The van der Waals surface area contributed by atoms with E-state index in [9.17, 15) is 14.7 Å². The first kappa shape index (κ1) is 16.0. The van der Waals surface area contributed by atoms with Crippen molar-refractivity contribution in [3.63, 3.8) is 0 Å². The smallest absolute Gasteiger partial charge is 0.271 e. The second-order valence-corrected chi connectivity index (χ2v) is 5.55. The van der Waals surface area contributed by atoms with Crippen LogP contribution in [-0.4, -0.2) is 34.6 Å². The highest BCUT2D eigenvalue weighted by molar-refractivity contribution is 5.85. The zero-order valence-corrected chi connectivity index (χ0v) is 13.0. The van der Waals surface area contributed by atoms with Crippen molar-refractivity contribution in [3.8, 4) is 0 Å². The molecule has 0 N–H and O–H groups in total. The minimum atomic E-state index is -1.39. The normalized spacial score (nSPS) is 17.1. The van der Waals surface area contributed by atoms with E-state index in [1.165, 1.54) is 5.06 Å². The van der Waals surface area contributed by atoms with Crippen LogP contribution in [0.2, 0.25) is 0 Å². The molecule has 0 bridgehead atoms. The lowest BCUT2D eigenvalue weighted by molar-refractivity contribution is -0.268. The molecule has 0 radical (unpaired) electrons. The average molecular weight is 325 g/mol. The van der Waals surface area contributed by atoms with Crippen LogP contribution < -0.4 is 5.11 Å². The van der Waals surface area contributed by atoms with Crippen molar-refractivity contribution in [1.29, 1.82) is 0 Å². The monoisotopic (exact) mass is 325 g/mol. The topological polar surface area (TPSA) is 72.9 Å². The lowest BCUT2D eigenvalue weighted by atomic mass is 10.1. The van der Waals surface area contributed by atoms with E-state index in [1.54, 1.807) is 12.1 Å². The summed E-state index contributed by atoms with van der Waals surface area (Å²) in [6.45, 7) is 0.358. The molecule has 0 saturated carbocycles. The van der Waals surface area contributed by atoms with E-state index >= 15 is 0 Å². The van der Waals surface area contributed by atoms with Gasteiger partial charge in [-0.15, -0.1) is 0 Å². The van der Waals surface area contributed by atoms with Gasteiger partial charge in [0.2, 0.25) is 0 Å². The molecule has 3 rings (SSSR count). The number of benzene rings is 2. The first-order chi connectivity index (χ1) is 11.6. The molecule has 1 unspecified atom stereocenters. The number of carboxylic acid groups (broad SMARTS) is 1. The Morgan fingerprint density at radius 2 is 1.67 bits per heavy atom. The molecule has 1 aliphatic rings. The highest BCUT2D eigenvalue weighted by atomic mass is 16.7. The predicted molar refractivity (Wildman–Crippen MR) is 84.1 cm³/mol. The van der Waals surface area contributed by atoms with Crippen LogP contribution in [0.5, 0.6) is 0 Å². The van der Waals surface area contributed by atoms with Gasteiger partial charge in [0.05, 0.1) is 6.54 Å². The van der Waals surface area contributed by atoms with Crippen molar-refractivity contribution in [2.24, 2.45) is 0 Å². The van der Waals surface area contributed by atoms with Crippen LogP contribution in [0.1, 0.15) is 11.1 Å². The van der Waals surface area contributed by atoms with E-state index in [1.807, 2.05) is 48.5 Å². The molecule has 1 atom stereocenters. The summed E-state index contributed by atoms with van der Waals surface area (Å²) < 4.78 is 0. The van der Waals surface area contributed by atoms with E-state index < -0.39 is 12.1 Å². The SMILES string of the molecule is O=C1C(N(Cc2ccccc2)C(=O)[O-])CON1Cc1ccccc1. The van der Waals surface area contributed by atoms with Crippen molar-refractivity contribution >= 4 is 12.0 Å². The van der Waals surface area contributed by atoms with Gasteiger partial charge < -0.3 is 14.8 Å². The van der Waals surface area contributed by atoms with Gasteiger partial charge in [0.1, 0.15) is 18.7 Å². The van der Waals surface area contributed by atoms with Gasteiger partial charge in [0.15, 0.2) is 0 Å². The Hall–Kier alpha value is -2.86. The van der Waals surface area contributed by atoms with Crippen LogP contribution in [0, 0.1) is 0 Å². The Morgan fingerprint density at radius 1 is 1.08 bits per heavy atom. The first-order valence-electron chi connectivity index (χ1n) is 7.65. The van der Waals surface area contributed by atoms with E-state index in [0.29, 0.717) is 0 Å². The number of nitrogens with zero attached hydrogens (tertiary/aromatic N) is 2. The molecule has 1 heterocycles. The molecule has 0 aromatic heterocycles. The molecule has 6 heteroatoms. The number of amides is 2. The minimum absolute atomic E-state index is 0.00746. The van der Waals surface area contributed by atoms with Crippen LogP contribution in [0.3, 0.4) is 0 Å². The molecule has 2 aromatic carbocycles. The number of carbonyl (C=O) groups is 2. The molecule has 1 saturated heterocycles. The zero-order chi connectivity index (χ0) is 16.9. The lowest BCUT2D eigenvalue weighted by Gasteiger charge is -2.29. The molecule has 2 aromatic rings. The van der Waals surface area contributed by atoms with Gasteiger partial charge in [-0.1, -0.05) is 60.7 Å². The third kappa shape index (κ3) is 3.55. The van der Waals surface area contributed by atoms with Crippen LogP contribution in [0.4, 0.5) is 4.79 Å². The average Bonchev–Trinajstić information content (AvgIpc) is 2.95. The van der Waals surface area contributed by atoms with Crippen molar-refractivity contribution in [1.82, 2.24) is 9.96 Å². The summed E-state index contributed by atoms with van der Waals surface area (Å²) in [7, 11) is 0. The first-order valence-corrected chi connectivity index (χ1v) is 7.65. The fourth-order valence-corrected chi connectivity index (χ4v) is 2.64. The standard InChI is InChI=1S/C18H18N2O4/c21-17-16(13-24-20(17)12-15-9-5-2-6-10-15)19(18(22)23)11-14-7-3-1-4-8-14/h1-10,16H,11-13H2,(H,22,23)/p-1. The van der Waals surface area contributed by atoms with E-state index in [-0.39, 0.29) is 25.6 Å². The fraction of sp³-hybridized carbons (Fsp3) is 0.222. The summed E-state index contributed by atoms with van der Waals surface area (Å²) in [5.41, 5.74) is 1.70. The molecule has 0 aliphatic carbocycles. The number of carbonyl (C=O) groups excluding carboxylic acids is 2. The third-order valence-corrected chi connectivity index (χ3v) is 3.89. The molecule has 2 amide bonds. The molecular weight excluding hydrogens is 308 g/mol. The molecular formula is C18H17N2O4-. The molecule has 1 fully saturated rings. The maximum absolute atomic E-state index is 12.5. The van der Waals surface area contributed by atoms with Crippen LogP contribution in [0.15, 0.2) is 60.7 Å². The van der Waals surface area contributed by atoms with E-state index in [4.69, 9.17) is 4.84 Å². The minimum Gasteiger partial charge on any atom is -0.530 e. The maximum Gasteiger partial charge on any atom is 0.271 e. The Bertz CT molecular complexity index is 705. The Kier molecular flexibility index (Phi) is 4.77. The van der Waals surface area contributed by atoms with Crippen LogP contribution in [0.25, 0.3) is 0 Å². The number of hydroxylamine groups is 2. The molecule has 124 valence electrons. The summed E-state index contributed by atoms with van der Waals surface area (Å²) in [6, 6.07) is 17.6. The number of hydrogen-bond acceptors (Lipinski definition) is 4. The van der Waals surface area contributed by atoms with E-state index in [2.05, 4.69) is 0 Å². The molecule has 24 heavy (non-hydrogen) atoms. The van der Waals surface area contributed by atoms with Gasteiger partial charge in [0, 0.05) is 6.54 Å². The van der Waals surface area contributed by atoms with E-state index in [0.717, 1.165) is 16.0 Å². The van der Waals surface area contributed by atoms with Crippen molar-refractivity contribution in [2.45, 2.75) is 19.1 Å².